The van der Waals surface area contributed by atoms with Gasteiger partial charge in [-0.05, 0) is 32.6 Å². The Kier molecular flexibility index (Phi) is 5.58. The summed E-state index contributed by atoms with van der Waals surface area (Å²) in [4.78, 5) is 43.1. The van der Waals surface area contributed by atoms with Crippen molar-refractivity contribution in [2.75, 3.05) is 0 Å². The highest BCUT2D eigenvalue weighted by Gasteiger charge is 2.19. The van der Waals surface area contributed by atoms with Gasteiger partial charge in [0.25, 0.3) is 5.56 Å². The average Bonchev–Trinajstić information content (AvgIpc) is 3.10. The van der Waals surface area contributed by atoms with Crippen molar-refractivity contribution in [1.29, 1.82) is 0 Å². The third-order valence-corrected chi connectivity index (χ3v) is 6.27. The number of esters is 1. The van der Waals surface area contributed by atoms with Crippen LogP contribution >= 0.6 is 11.3 Å². The number of carbonyl (C=O) groups is 2. The number of rotatable bonds is 6. The molecule has 0 spiro atoms. The maximum absolute atomic E-state index is 12.5. The minimum atomic E-state index is -0.474. The predicted molar refractivity (Wildman–Crippen MR) is 111 cm³/mol. The molecule has 0 atom stereocenters. The number of thiazole rings is 1. The number of benzene rings is 1. The number of hydrogen-bond donors (Lipinski definition) is 0. The molecule has 0 N–H and O–H groups in total. The van der Waals surface area contributed by atoms with E-state index in [4.69, 9.17) is 4.74 Å². The number of aromatic nitrogens is 2. The Morgan fingerprint density at radius 1 is 1.14 bits per heavy atom. The molecule has 150 valence electrons. The van der Waals surface area contributed by atoms with Crippen molar-refractivity contribution in [2.45, 2.75) is 52.1 Å². The first-order valence-corrected chi connectivity index (χ1v) is 10.6. The fourth-order valence-electron chi connectivity index (χ4n) is 3.54. The van der Waals surface area contributed by atoms with E-state index in [0.29, 0.717) is 16.2 Å². The van der Waals surface area contributed by atoms with Crippen LogP contribution in [0.3, 0.4) is 0 Å². The first kappa shape index (κ1) is 19.5. The first-order valence-electron chi connectivity index (χ1n) is 9.80. The van der Waals surface area contributed by atoms with Gasteiger partial charge in [0.15, 0.2) is 10.7 Å². The molecule has 0 fully saturated rings. The molecule has 7 heteroatoms. The summed E-state index contributed by atoms with van der Waals surface area (Å²) in [5.41, 5.74) is 3.05. The van der Waals surface area contributed by atoms with Crippen molar-refractivity contribution >= 4 is 28.1 Å². The maximum atomic E-state index is 12.5. The largest absolute Gasteiger partial charge is 0.459 e. The molecule has 2 heterocycles. The molecule has 1 aliphatic rings. The molecule has 6 nitrogen and oxygen atoms in total. The van der Waals surface area contributed by atoms with E-state index < -0.39 is 5.97 Å². The highest BCUT2D eigenvalue weighted by Crippen LogP contribution is 2.28. The Morgan fingerprint density at radius 2 is 1.90 bits per heavy atom. The maximum Gasteiger partial charge on any atom is 0.306 e. The summed E-state index contributed by atoms with van der Waals surface area (Å²) < 4.78 is 6.93. The van der Waals surface area contributed by atoms with Gasteiger partial charge in [-0.3, -0.25) is 18.8 Å². The lowest BCUT2D eigenvalue weighted by Gasteiger charge is -2.10. The summed E-state index contributed by atoms with van der Waals surface area (Å²) in [6, 6.07) is 8.69. The fourth-order valence-corrected chi connectivity index (χ4v) is 4.77. The number of Topliss-reactive ketones (excluding diaryl/α,β-unsaturated/α-hetero) is 1. The van der Waals surface area contributed by atoms with E-state index in [9.17, 15) is 14.4 Å². The Labute approximate surface area is 172 Å². The average molecular weight is 410 g/mol. The Hall–Kier alpha value is -2.80. The van der Waals surface area contributed by atoms with Gasteiger partial charge in [-0.2, -0.15) is 0 Å². The monoisotopic (exact) mass is 410 g/mol. The van der Waals surface area contributed by atoms with Crippen LogP contribution in [0.5, 0.6) is 0 Å². The van der Waals surface area contributed by atoms with Gasteiger partial charge in [0, 0.05) is 28.6 Å². The van der Waals surface area contributed by atoms with Crippen LogP contribution < -0.4 is 5.56 Å². The van der Waals surface area contributed by atoms with E-state index in [2.05, 4.69) is 4.98 Å². The first-order chi connectivity index (χ1) is 14.0. The van der Waals surface area contributed by atoms with E-state index in [1.807, 2.05) is 19.1 Å². The Balaban J connectivity index is 1.36. The molecular weight excluding hydrogens is 388 g/mol. The van der Waals surface area contributed by atoms with Crippen molar-refractivity contribution < 1.29 is 14.3 Å². The van der Waals surface area contributed by atoms with Crippen LogP contribution in [0.2, 0.25) is 0 Å². The van der Waals surface area contributed by atoms with E-state index in [-0.39, 0.29) is 30.8 Å². The van der Waals surface area contributed by atoms with Crippen molar-refractivity contribution in [3.63, 3.8) is 0 Å². The lowest BCUT2D eigenvalue weighted by Crippen LogP contribution is -2.18. The van der Waals surface area contributed by atoms with Crippen LogP contribution in [0.4, 0.5) is 0 Å². The molecule has 29 heavy (non-hydrogen) atoms. The molecule has 0 bridgehead atoms. The quantitative estimate of drug-likeness (QED) is 0.458. The van der Waals surface area contributed by atoms with Crippen LogP contribution in [-0.2, 0) is 29.0 Å². The minimum Gasteiger partial charge on any atom is -0.459 e. The number of carbonyl (C=O) groups excluding carboxylic acids is 2. The predicted octanol–water partition coefficient (Wildman–Crippen LogP) is 3.65. The van der Waals surface area contributed by atoms with Gasteiger partial charge < -0.3 is 4.74 Å². The van der Waals surface area contributed by atoms with Crippen LogP contribution in [0, 0.1) is 6.92 Å². The topological polar surface area (TPSA) is 77.7 Å². The van der Waals surface area contributed by atoms with Crippen molar-refractivity contribution in [2.24, 2.45) is 0 Å². The third kappa shape index (κ3) is 4.29. The highest BCUT2D eigenvalue weighted by atomic mass is 32.1. The third-order valence-electron chi connectivity index (χ3n) is 5.13. The summed E-state index contributed by atoms with van der Waals surface area (Å²) >= 11 is 1.54. The van der Waals surface area contributed by atoms with Crippen LogP contribution in [-0.4, -0.2) is 21.1 Å². The molecule has 0 saturated carbocycles. The SMILES string of the molecule is Cc1ccc(C(=O)CCC(=O)OCc2cc(=O)n3c4c(sc3n2)CCCC4)cc1. The van der Waals surface area contributed by atoms with Gasteiger partial charge in [-0.15, -0.1) is 11.3 Å². The number of fused-ring (bicyclic) bond motifs is 3. The molecule has 0 amide bonds. The molecule has 3 aromatic rings. The molecule has 4 rings (SSSR count). The number of ether oxygens (including phenoxy) is 1. The second kappa shape index (κ2) is 8.29. The van der Waals surface area contributed by atoms with E-state index in [1.165, 1.54) is 10.9 Å². The second-order valence-electron chi connectivity index (χ2n) is 7.33. The van der Waals surface area contributed by atoms with Crippen LogP contribution in [0.25, 0.3) is 4.96 Å². The summed E-state index contributed by atoms with van der Waals surface area (Å²) in [7, 11) is 0. The van der Waals surface area contributed by atoms with Gasteiger partial charge in [0.05, 0.1) is 12.1 Å². The van der Waals surface area contributed by atoms with Crippen LogP contribution in [0.15, 0.2) is 35.1 Å². The van der Waals surface area contributed by atoms with Gasteiger partial charge in [0.2, 0.25) is 0 Å². The molecule has 2 aromatic heterocycles. The standard InChI is InChI=1S/C22H22N2O4S/c1-14-6-8-15(9-7-14)18(25)10-11-21(27)28-13-16-12-20(26)24-17-4-2-3-5-19(17)29-22(24)23-16/h6-9,12H,2-5,10-11,13H2,1H3. The van der Waals surface area contributed by atoms with Gasteiger partial charge in [-0.1, -0.05) is 29.8 Å². The van der Waals surface area contributed by atoms with Crippen molar-refractivity contribution in [1.82, 2.24) is 9.38 Å². The fraction of sp³-hybridized carbons (Fsp3) is 0.364. The van der Waals surface area contributed by atoms with Crippen molar-refractivity contribution in [3.8, 4) is 0 Å². The van der Waals surface area contributed by atoms with Gasteiger partial charge >= 0.3 is 5.97 Å². The Morgan fingerprint density at radius 3 is 2.69 bits per heavy atom. The number of ketones is 1. The van der Waals surface area contributed by atoms with Gasteiger partial charge in [-0.25, -0.2) is 4.98 Å². The molecule has 1 aromatic carbocycles. The molecular formula is C22H22N2O4S. The number of nitrogens with zero attached hydrogens (tertiary/aromatic N) is 2. The number of aryl methyl sites for hydroxylation is 3. The number of hydrogen-bond acceptors (Lipinski definition) is 6. The normalized spacial score (nSPS) is 13.3. The second-order valence-corrected chi connectivity index (χ2v) is 8.39. The van der Waals surface area contributed by atoms with E-state index >= 15 is 0 Å². The lowest BCUT2D eigenvalue weighted by molar-refractivity contribution is -0.145. The molecule has 0 radical (unpaired) electrons. The molecule has 1 aliphatic carbocycles. The smallest absolute Gasteiger partial charge is 0.306 e. The summed E-state index contributed by atoms with van der Waals surface area (Å²) in [6.07, 6.45) is 4.21. The summed E-state index contributed by atoms with van der Waals surface area (Å²) in [5, 5.41) is 0. The zero-order valence-electron chi connectivity index (χ0n) is 16.3. The molecule has 0 aliphatic heterocycles. The van der Waals surface area contributed by atoms with Crippen LogP contribution in [0.1, 0.15) is 57.9 Å². The summed E-state index contributed by atoms with van der Waals surface area (Å²) in [6.45, 7) is 1.89. The van der Waals surface area contributed by atoms with Crippen molar-refractivity contribution in [3.05, 3.63) is 68.1 Å². The highest BCUT2D eigenvalue weighted by molar-refractivity contribution is 7.17. The molecule has 0 saturated heterocycles. The zero-order valence-corrected chi connectivity index (χ0v) is 17.1. The van der Waals surface area contributed by atoms with Gasteiger partial charge in [0.1, 0.15) is 6.61 Å². The zero-order chi connectivity index (χ0) is 20.4. The van der Waals surface area contributed by atoms with E-state index in [1.54, 1.807) is 27.9 Å². The lowest BCUT2D eigenvalue weighted by atomic mass is 10.0. The molecule has 0 unspecified atom stereocenters. The summed E-state index contributed by atoms with van der Waals surface area (Å²) in [5.74, 6) is -0.568. The minimum absolute atomic E-state index is 0.00122. The Bertz CT molecular complexity index is 1130. The van der Waals surface area contributed by atoms with E-state index in [0.717, 1.165) is 36.9 Å².